The number of phenols is 1. The molecule has 0 radical (unpaired) electrons. The van der Waals surface area contributed by atoms with E-state index >= 15 is 0 Å². The van der Waals surface area contributed by atoms with Crippen molar-refractivity contribution in [2.24, 2.45) is 5.92 Å². The van der Waals surface area contributed by atoms with E-state index in [1.165, 1.54) is 16.5 Å². The van der Waals surface area contributed by atoms with E-state index < -0.39 is 6.10 Å². The molecule has 1 saturated heterocycles. The van der Waals surface area contributed by atoms with Gasteiger partial charge in [0, 0.05) is 34.5 Å². The molecular weight excluding hydrogens is 525 g/mol. The molecular formula is C26H26Cl2N2O3Zn. The molecule has 2 aliphatic heterocycles. The van der Waals surface area contributed by atoms with Crippen molar-refractivity contribution in [2.75, 3.05) is 13.6 Å². The number of fused-ring (bicyclic) bond motifs is 1. The van der Waals surface area contributed by atoms with Gasteiger partial charge in [-0.15, -0.1) is 0 Å². The number of likely N-dealkylation sites (tertiary alicyclic amines) is 1. The fourth-order valence-corrected chi connectivity index (χ4v) is 6.25. The molecule has 3 aromatic rings. The van der Waals surface area contributed by atoms with Crippen LogP contribution in [0.4, 0.5) is 0 Å². The van der Waals surface area contributed by atoms with Crippen molar-refractivity contribution in [3.05, 3.63) is 78.0 Å². The molecule has 2 aliphatic carbocycles. The van der Waals surface area contributed by atoms with E-state index in [0.29, 0.717) is 17.7 Å². The van der Waals surface area contributed by atoms with E-state index in [1.807, 2.05) is 42.6 Å². The fourth-order valence-electron chi connectivity index (χ4n) is 6.25. The molecule has 2 N–H and O–H groups in total. The Kier molecular flexibility index (Phi) is 8.01. The molecule has 0 unspecified atom stereocenters. The Balaban J connectivity index is 0.000000214. The minimum absolute atomic E-state index is 0. The average molecular weight is 551 g/mol. The third kappa shape index (κ3) is 3.84. The van der Waals surface area contributed by atoms with E-state index in [2.05, 4.69) is 35.1 Å². The molecule has 0 saturated carbocycles. The number of aromatic hydroxyl groups is 1. The summed E-state index contributed by atoms with van der Waals surface area (Å²) in [5.41, 5.74) is 3.35. The number of hydrogen-bond acceptors (Lipinski definition) is 5. The predicted molar refractivity (Wildman–Crippen MR) is 119 cm³/mol. The van der Waals surface area contributed by atoms with Gasteiger partial charge in [-0.25, -0.2) is 0 Å². The van der Waals surface area contributed by atoms with Crippen LogP contribution in [0, 0.1) is 5.92 Å². The first-order valence-electron chi connectivity index (χ1n) is 11.0. The normalized spacial score (nSPS) is 29.2. The number of phenolic OH excluding ortho intramolecular Hbond substituents is 1. The Morgan fingerprint density at radius 3 is 2.62 bits per heavy atom. The number of rotatable bonds is 0. The van der Waals surface area contributed by atoms with Gasteiger partial charge in [-0.3, -0.25) is 4.98 Å². The summed E-state index contributed by atoms with van der Waals surface area (Å²) in [6.45, 7) is 1.01. The maximum Gasteiger partial charge on any atom is 2.00 e. The first kappa shape index (κ1) is 26.9. The molecule has 8 heteroatoms. The van der Waals surface area contributed by atoms with Crippen LogP contribution in [0.5, 0.6) is 11.5 Å². The molecule has 1 fully saturated rings. The summed E-state index contributed by atoms with van der Waals surface area (Å²) in [5.74, 6) is 1.19. The minimum atomic E-state index is -0.594. The van der Waals surface area contributed by atoms with Crippen LogP contribution in [0.15, 0.2) is 66.9 Å². The molecule has 174 valence electrons. The summed E-state index contributed by atoms with van der Waals surface area (Å²) in [4.78, 5) is 6.61. The number of likely N-dealkylation sites (N-methyl/N-ethyl adjacent to an activating group) is 1. The van der Waals surface area contributed by atoms with Gasteiger partial charge < -0.3 is 44.7 Å². The number of nitrogens with zero attached hydrogens (tertiary/aromatic N) is 2. The minimum Gasteiger partial charge on any atom is -1.00 e. The van der Waals surface area contributed by atoms with Crippen LogP contribution in [-0.2, 0) is 31.3 Å². The quantitative estimate of drug-likeness (QED) is 0.238. The number of halogens is 2. The van der Waals surface area contributed by atoms with Crippen molar-refractivity contribution >= 4 is 10.9 Å². The van der Waals surface area contributed by atoms with Gasteiger partial charge in [0.15, 0.2) is 11.5 Å². The summed E-state index contributed by atoms with van der Waals surface area (Å²) < 4.78 is 6.09. The third-order valence-corrected chi connectivity index (χ3v) is 7.66. The number of ether oxygens (including phenoxy) is 1. The standard InChI is InChI=1S/C17H19NO3.C9H7N.2ClH.Zn/c1-18-7-6-17-10-3-5-13(20)16(17)21-15-12(19)4-2-9(14(15)17)8-11(10)18;1-2-6-9-8(4-1)5-3-7-10-9;;;/h2-5,10-11,13,16,19-20H,6-8H2,1H3;1-7H;2*1H;/q;;;;+2/p-2/t10-,11+,13-,16-,17-;;;;/m0..../s1. The van der Waals surface area contributed by atoms with Gasteiger partial charge >= 0.3 is 19.5 Å². The van der Waals surface area contributed by atoms with Crippen LogP contribution in [0.25, 0.3) is 10.9 Å². The van der Waals surface area contributed by atoms with Crippen LogP contribution < -0.4 is 29.6 Å². The largest absolute Gasteiger partial charge is 2.00 e. The van der Waals surface area contributed by atoms with Gasteiger partial charge in [0.25, 0.3) is 0 Å². The van der Waals surface area contributed by atoms with Gasteiger partial charge in [-0.1, -0.05) is 42.5 Å². The van der Waals surface area contributed by atoms with E-state index in [-0.39, 0.29) is 61.6 Å². The van der Waals surface area contributed by atoms with Crippen molar-refractivity contribution in [3.63, 3.8) is 0 Å². The van der Waals surface area contributed by atoms with E-state index in [0.717, 1.165) is 24.9 Å². The molecule has 7 rings (SSSR count). The smallest absolute Gasteiger partial charge is 1.00 e. The SMILES string of the molecule is CN1CC[C@]23c4c5ccc(O)c4O[C@H]2[C@@H](O)C=C[C@H]3[C@H]1C5.[Cl-].[Cl-].[Zn+2].c1ccc2ncccc2c1. The van der Waals surface area contributed by atoms with Crippen LogP contribution in [-0.4, -0.2) is 51.9 Å². The van der Waals surface area contributed by atoms with Gasteiger partial charge in [-0.2, -0.15) is 0 Å². The fraction of sp³-hybridized carbons (Fsp3) is 0.346. The van der Waals surface area contributed by atoms with Crippen molar-refractivity contribution in [1.29, 1.82) is 0 Å². The number of piperidine rings is 1. The summed E-state index contributed by atoms with van der Waals surface area (Å²) in [6, 6.07) is 16.3. The average Bonchev–Trinajstić information content (AvgIpc) is 3.16. The Labute approximate surface area is 224 Å². The van der Waals surface area contributed by atoms with Crippen molar-refractivity contribution in [2.45, 2.75) is 36.5 Å². The molecule has 1 spiro atoms. The maximum absolute atomic E-state index is 10.4. The number of pyridine rings is 1. The molecule has 4 aliphatic rings. The molecule has 0 amide bonds. The Morgan fingerprint density at radius 1 is 1.06 bits per heavy atom. The van der Waals surface area contributed by atoms with Gasteiger partial charge in [0.2, 0.25) is 0 Å². The zero-order valence-corrected chi connectivity index (χ0v) is 23.4. The van der Waals surface area contributed by atoms with Gasteiger partial charge in [-0.05, 0) is 50.2 Å². The Hall–Kier alpha value is -1.69. The van der Waals surface area contributed by atoms with Crippen LogP contribution in [0.1, 0.15) is 17.5 Å². The Bertz CT molecular complexity index is 1140. The second-order valence-corrected chi connectivity index (χ2v) is 9.13. The number of hydrogen-bond donors (Lipinski definition) is 2. The molecule has 5 atom stereocenters. The summed E-state index contributed by atoms with van der Waals surface area (Å²) in [5, 5.41) is 21.8. The number of aliphatic hydroxyl groups is 1. The Morgan fingerprint density at radius 2 is 1.82 bits per heavy atom. The predicted octanol–water partition coefficient (Wildman–Crippen LogP) is -2.56. The zero-order valence-electron chi connectivity index (χ0n) is 18.9. The number of aliphatic hydroxyl groups excluding tert-OH is 1. The van der Waals surface area contributed by atoms with Crippen LogP contribution in [0.2, 0.25) is 0 Å². The first-order chi connectivity index (χ1) is 15.1. The van der Waals surface area contributed by atoms with Crippen molar-refractivity contribution in [1.82, 2.24) is 9.88 Å². The summed E-state index contributed by atoms with van der Waals surface area (Å²) in [7, 11) is 2.19. The van der Waals surface area contributed by atoms with Crippen LogP contribution >= 0.6 is 0 Å². The zero-order chi connectivity index (χ0) is 21.2. The van der Waals surface area contributed by atoms with E-state index in [1.54, 1.807) is 6.07 Å². The number of para-hydroxylation sites is 1. The molecule has 2 aromatic carbocycles. The first-order valence-corrected chi connectivity index (χ1v) is 11.0. The van der Waals surface area contributed by atoms with E-state index in [9.17, 15) is 10.2 Å². The summed E-state index contributed by atoms with van der Waals surface area (Å²) in [6.07, 6.45) is 6.99. The van der Waals surface area contributed by atoms with Crippen molar-refractivity contribution < 1.29 is 59.2 Å². The van der Waals surface area contributed by atoms with E-state index in [4.69, 9.17) is 4.74 Å². The van der Waals surface area contributed by atoms with Gasteiger partial charge in [0.1, 0.15) is 12.2 Å². The van der Waals surface area contributed by atoms with Gasteiger partial charge in [0.05, 0.1) is 5.52 Å². The second-order valence-electron chi connectivity index (χ2n) is 9.13. The molecule has 5 nitrogen and oxygen atoms in total. The molecule has 2 bridgehead atoms. The molecule has 34 heavy (non-hydrogen) atoms. The monoisotopic (exact) mass is 548 g/mol. The number of benzene rings is 2. The van der Waals surface area contributed by atoms with Crippen molar-refractivity contribution in [3.8, 4) is 11.5 Å². The third-order valence-electron chi connectivity index (χ3n) is 7.66. The van der Waals surface area contributed by atoms with Crippen LogP contribution in [0.3, 0.4) is 0 Å². The molecule has 1 aromatic heterocycles. The summed E-state index contributed by atoms with van der Waals surface area (Å²) >= 11 is 0. The number of aromatic nitrogens is 1. The molecule has 3 heterocycles. The topological polar surface area (TPSA) is 65.8 Å². The maximum atomic E-state index is 10.4. The second kappa shape index (κ2) is 10.1.